The van der Waals surface area contributed by atoms with Crippen LogP contribution in [0.25, 0.3) is 0 Å². The number of halogens is 2. The molecule has 1 aliphatic carbocycles. The molecule has 0 bridgehead atoms. The predicted molar refractivity (Wildman–Crippen MR) is 57.4 cm³/mol. The van der Waals surface area contributed by atoms with Gasteiger partial charge in [0.05, 0.1) is 0 Å². The molecule has 0 amide bonds. The molecule has 1 aliphatic rings. The van der Waals surface area contributed by atoms with Crippen molar-refractivity contribution in [1.29, 1.82) is 0 Å². The molecule has 0 aliphatic heterocycles. The fourth-order valence-corrected chi connectivity index (χ4v) is 1.43. The fourth-order valence-electron chi connectivity index (χ4n) is 1.43. The molecule has 0 aromatic rings. The zero-order valence-corrected chi connectivity index (χ0v) is 12.3. The van der Waals surface area contributed by atoms with E-state index in [0.29, 0.717) is 0 Å². The normalized spacial score (nSPS) is 15.8. The van der Waals surface area contributed by atoms with Crippen LogP contribution in [0, 0.1) is 5.92 Å². The van der Waals surface area contributed by atoms with E-state index in [9.17, 15) is 0 Å². The molecule has 0 nitrogen and oxygen atoms in total. The molecule has 0 spiro atoms. The van der Waals surface area contributed by atoms with E-state index in [1.54, 1.807) is 0 Å². The monoisotopic (exact) mass is 295 g/mol. The van der Waals surface area contributed by atoms with Crippen LogP contribution in [0.2, 0.25) is 0 Å². The van der Waals surface area contributed by atoms with Gasteiger partial charge < -0.3 is 0 Å². The van der Waals surface area contributed by atoms with Crippen molar-refractivity contribution in [3.8, 4) is 0 Å². The van der Waals surface area contributed by atoms with Gasteiger partial charge in [0, 0.05) is 5.92 Å². The van der Waals surface area contributed by atoms with Crippen LogP contribution in [0.4, 0.5) is 0 Å². The minimum atomic E-state index is -0.826. The summed E-state index contributed by atoms with van der Waals surface area (Å²) < 4.78 is 0. The summed E-state index contributed by atoms with van der Waals surface area (Å²) in [7, 11) is 9.87. The van der Waals surface area contributed by atoms with Crippen molar-refractivity contribution in [2.75, 3.05) is 0 Å². The van der Waals surface area contributed by atoms with Crippen LogP contribution in [0.5, 0.6) is 0 Å². The Morgan fingerprint density at radius 3 is 2.00 bits per heavy atom. The van der Waals surface area contributed by atoms with Crippen LogP contribution >= 0.6 is 17.0 Å². The molecule has 0 N–H and O–H groups in total. The van der Waals surface area contributed by atoms with Crippen molar-refractivity contribution >= 4 is 17.0 Å². The van der Waals surface area contributed by atoms with Gasteiger partial charge in [-0.2, -0.15) is 0 Å². The van der Waals surface area contributed by atoms with Gasteiger partial charge in [0.1, 0.15) is 0 Å². The average molecular weight is 297 g/mol. The van der Waals surface area contributed by atoms with E-state index in [1.807, 2.05) is 0 Å². The predicted octanol–water partition coefficient (Wildman–Crippen LogP) is 4.64. The van der Waals surface area contributed by atoms with Crippen molar-refractivity contribution in [3.63, 3.8) is 0 Å². The zero-order valence-electron chi connectivity index (χ0n) is 8.32. The maximum atomic E-state index is 4.93. The summed E-state index contributed by atoms with van der Waals surface area (Å²) in [5.74, 6) is 1.53. The topological polar surface area (TPSA) is 0 Å². The number of rotatable bonds is 2. The molecule has 0 fully saturated rings. The first-order valence-electron chi connectivity index (χ1n) is 4.40. The molecule has 3 heteroatoms. The summed E-state index contributed by atoms with van der Waals surface area (Å²) in [4.78, 5) is 0. The van der Waals surface area contributed by atoms with Gasteiger partial charge in [-0.15, -0.1) is 0 Å². The first kappa shape index (κ1) is 13.9. The van der Waals surface area contributed by atoms with E-state index >= 15 is 0 Å². The Balaban J connectivity index is 0.000000424. The molecule has 0 atom stereocenters. The van der Waals surface area contributed by atoms with E-state index in [0.717, 1.165) is 0 Å². The Bertz CT molecular complexity index is 197. The van der Waals surface area contributed by atoms with Gasteiger partial charge in [0.25, 0.3) is 0 Å². The van der Waals surface area contributed by atoms with Gasteiger partial charge in [-0.05, 0) is 19.8 Å². The molecule has 1 rings (SSSR count). The fraction of sp³-hybridized carbons (Fsp3) is 0.500. The van der Waals surface area contributed by atoms with E-state index < -0.39 is 20.8 Å². The second kappa shape index (κ2) is 8.27. The van der Waals surface area contributed by atoms with Crippen molar-refractivity contribution in [3.05, 3.63) is 29.2 Å². The molecule has 0 heterocycles. The van der Waals surface area contributed by atoms with E-state index in [1.165, 1.54) is 29.9 Å². The van der Waals surface area contributed by atoms with Gasteiger partial charge in [0.15, 0.2) is 0 Å². The molecule has 0 unspecified atom stereocenters. The van der Waals surface area contributed by atoms with Gasteiger partial charge in [0.2, 0.25) is 0 Å². The average Bonchev–Trinajstić information content (AvgIpc) is 2.47. The van der Waals surface area contributed by atoms with Crippen LogP contribution in [0.3, 0.4) is 0 Å². The van der Waals surface area contributed by atoms with E-state index in [4.69, 9.17) is 17.0 Å². The Hall–Kier alpha value is 0.943. The van der Waals surface area contributed by atoms with Crippen molar-refractivity contribution in [2.45, 2.75) is 33.6 Å². The molecule has 0 saturated carbocycles. The molecular weight excluding hydrogens is 282 g/mol. The maximum absolute atomic E-state index is 4.93. The number of hydrogen-bond donors (Lipinski definition) is 0. The molecule has 73 valence electrons. The molecular formula is C10H15Cl2Zr. The summed E-state index contributed by atoms with van der Waals surface area (Å²) >= 11 is -0.826. The Kier molecular flexibility index (Phi) is 8.87. The van der Waals surface area contributed by atoms with Crippen molar-refractivity contribution in [2.24, 2.45) is 0 Å². The Labute approximate surface area is 100 Å². The van der Waals surface area contributed by atoms with Crippen LogP contribution < -0.4 is 0 Å². The molecule has 13 heavy (non-hydrogen) atoms. The Morgan fingerprint density at radius 1 is 1.15 bits per heavy atom. The molecule has 0 aromatic heterocycles. The van der Waals surface area contributed by atoms with E-state index in [2.05, 4.69) is 32.9 Å². The molecule has 1 radical (unpaired) electrons. The second-order valence-corrected chi connectivity index (χ2v) is 6.59. The third kappa shape index (κ3) is 5.40. The van der Waals surface area contributed by atoms with E-state index in [-0.39, 0.29) is 0 Å². The summed E-state index contributed by atoms with van der Waals surface area (Å²) in [6.45, 7) is 6.60. The van der Waals surface area contributed by atoms with Gasteiger partial charge in [-0.3, -0.25) is 0 Å². The first-order chi connectivity index (χ1) is 6.19. The van der Waals surface area contributed by atoms with Crippen LogP contribution in [0.15, 0.2) is 23.3 Å². The quantitative estimate of drug-likeness (QED) is 0.696. The van der Waals surface area contributed by atoms with Crippen LogP contribution in [-0.4, -0.2) is 0 Å². The summed E-state index contributed by atoms with van der Waals surface area (Å²) in [6, 6.07) is 0. The zero-order chi connectivity index (χ0) is 10.3. The van der Waals surface area contributed by atoms with Gasteiger partial charge >= 0.3 is 37.9 Å². The number of allylic oxidation sites excluding steroid dienone is 4. The third-order valence-electron chi connectivity index (χ3n) is 1.98. The van der Waals surface area contributed by atoms with Crippen LogP contribution in [-0.2, 0) is 20.8 Å². The van der Waals surface area contributed by atoms with Crippen molar-refractivity contribution < 1.29 is 20.8 Å². The third-order valence-corrected chi connectivity index (χ3v) is 1.98. The summed E-state index contributed by atoms with van der Waals surface area (Å²) in [5, 5.41) is 0. The van der Waals surface area contributed by atoms with Gasteiger partial charge in [-0.1, -0.05) is 37.1 Å². The standard InChI is InChI=1S/C10H15.2ClH.Zr/c1-4-9-6-8(3)7-10(9)5-2;;;/h6-7H,4-5H2,1-3H3;2*1H;/q;;;+2/p-2. The molecule has 0 aromatic carbocycles. The second-order valence-electron chi connectivity index (χ2n) is 2.86. The minimum absolute atomic E-state index is 0.826. The Morgan fingerprint density at radius 2 is 1.69 bits per heavy atom. The van der Waals surface area contributed by atoms with Crippen LogP contribution in [0.1, 0.15) is 33.6 Å². The van der Waals surface area contributed by atoms with Crippen molar-refractivity contribution in [1.82, 2.24) is 0 Å². The first-order valence-corrected chi connectivity index (χ1v) is 10.7. The summed E-state index contributed by atoms with van der Waals surface area (Å²) in [6.07, 6.45) is 6.94. The molecule has 0 saturated heterocycles. The van der Waals surface area contributed by atoms with Gasteiger partial charge in [-0.25, -0.2) is 0 Å². The SMILES string of the molecule is CC[C]1C=C(C)C=C1CC.[Cl][Zr][Cl]. The summed E-state index contributed by atoms with van der Waals surface area (Å²) in [5.41, 5.74) is 2.94. The number of hydrogen-bond acceptors (Lipinski definition) is 0.